The second kappa shape index (κ2) is 5.40. The molecule has 1 aromatic rings. The minimum absolute atomic E-state index is 0.0137. The van der Waals surface area contributed by atoms with Crippen LogP contribution in [0, 0.1) is 5.92 Å². The van der Waals surface area contributed by atoms with Gasteiger partial charge in [-0.1, -0.05) is 32.0 Å². The largest absolute Gasteiger partial charge is 0.394 e. The maximum absolute atomic E-state index is 12.2. The summed E-state index contributed by atoms with van der Waals surface area (Å²) in [6.07, 6.45) is 0. The van der Waals surface area contributed by atoms with Crippen LogP contribution < -0.4 is 10.6 Å². The molecule has 0 aliphatic carbocycles. The highest BCUT2D eigenvalue weighted by molar-refractivity contribution is 5.88. The molecule has 2 atom stereocenters. The molecule has 0 spiro atoms. The molecule has 0 bridgehead atoms. The van der Waals surface area contributed by atoms with Gasteiger partial charge in [-0.25, -0.2) is 0 Å². The second-order valence-electron chi connectivity index (χ2n) is 5.06. The lowest BCUT2D eigenvalue weighted by Gasteiger charge is -2.22. The van der Waals surface area contributed by atoms with E-state index in [9.17, 15) is 9.90 Å². The van der Waals surface area contributed by atoms with Gasteiger partial charge in [0.05, 0.1) is 18.6 Å². The lowest BCUT2D eigenvalue weighted by Crippen LogP contribution is -2.43. The maximum atomic E-state index is 12.2. The molecule has 1 aliphatic rings. The molecule has 4 nitrogen and oxygen atoms in total. The summed E-state index contributed by atoms with van der Waals surface area (Å²) in [5, 5.41) is 15.4. The van der Waals surface area contributed by atoms with E-state index in [-0.39, 0.29) is 30.4 Å². The first-order valence-electron chi connectivity index (χ1n) is 6.37. The van der Waals surface area contributed by atoms with Crippen molar-refractivity contribution in [3.05, 3.63) is 29.8 Å². The Hall–Kier alpha value is -1.55. The number of amides is 1. The lowest BCUT2D eigenvalue weighted by molar-refractivity contribution is -0.123. The van der Waals surface area contributed by atoms with E-state index in [2.05, 4.69) is 10.6 Å². The standard InChI is InChI=1S/C14H20N2O2/c1-9(2)13(8-17)16-14(18)11-7-15-12-6-4-3-5-10(11)12/h3-6,9,11,13,15,17H,7-8H2,1-2H3,(H,16,18)/t11?,13-/m1/s1. The zero-order valence-corrected chi connectivity index (χ0v) is 10.8. The van der Waals surface area contributed by atoms with Gasteiger partial charge in [0.1, 0.15) is 0 Å². The fourth-order valence-corrected chi connectivity index (χ4v) is 2.22. The first-order chi connectivity index (χ1) is 8.63. The topological polar surface area (TPSA) is 61.4 Å². The normalized spacial score (nSPS) is 19.2. The average molecular weight is 248 g/mol. The van der Waals surface area contributed by atoms with E-state index in [1.54, 1.807) is 0 Å². The molecule has 1 unspecified atom stereocenters. The van der Waals surface area contributed by atoms with Gasteiger partial charge in [-0.05, 0) is 17.5 Å². The molecule has 1 aliphatic heterocycles. The van der Waals surface area contributed by atoms with Gasteiger partial charge < -0.3 is 15.7 Å². The number of hydrogen-bond donors (Lipinski definition) is 3. The summed E-state index contributed by atoms with van der Waals surface area (Å²) in [5.74, 6) is 0.0535. The third-order valence-corrected chi connectivity index (χ3v) is 3.48. The molecule has 1 aromatic carbocycles. The monoisotopic (exact) mass is 248 g/mol. The van der Waals surface area contributed by atoms with Crippen LogP contribution in [0.2, 0.25) is 0 Å². The minimum atomic E-state index is -0.176. The molecule has 18 heavy (non-hydrogen) atoms. The number of anilines is 1. The highest BCUT2D eigenvalue weighted by atomic mass is 16.3. The molecule has 4 heteroatoms. The van der Waals surface area contributed by atoms with Crippen molar-refractivity contribution >= 4 is 11.6 Å². The smallest absolute Gasteiger partial charge is 0.229 e. The molecule has 98 valence electrons. The molecule has 0 aromatic heterocycles. The van der Waals surface area contributed by atoms with Crippen LogP contribution in [0.3, 0.4) is 0 Å². The SMILES string of the molecule is CC(C)[C@@H](CO)NC(=O)C1CNc2ccccc21. The van der Waals surface area contributed by atoms with E-state index in [1.165, 1.54) is 0 Å². The number of aliphatic hydroxyl groups is 1. The number of carbonyl (C=O) groups excluding carboxylic acids is 1. The van der Waals surface area contributed by atoms with Gasteiger partial charge in [0, 0.05) is 12.2 Å². The summed E-state index contributed by atoms with van der Waals surface area (Å²) >= 11 is 0. The van der Waals surface area contributed by atoms with Crippen molar-refractivity contribution in [1.29, 1.82) is 0 Å². The van der Waals surface area contributed by atoms with E-state index in [0.29, 0.717) is 6.54 Å². The molecule has 2 rings (SSSR count). The van der Waals surface area contributed by atoms with Crippen molar-refractivity contribution in [3.63, 3.8) is 0 Å². The Morgan fingerprint density at radius 2 is 2.22 bits per heavy atom. The third-order valence-electron chi connectivity index (χ3n) is 3.48. The number of nitrogens with one attached hydrogen (secondary N) is 2. The van der Waals surface area contributed by atoms with E-state index in [0.717, 1.165) is 11.3 Å². The van der Waals surface area contributed by atoms with Gasteiger partial charge in [0.25, 0.3) is 0 Å². The molecule has 0 saturated heterocycles. The van der Waals surface area contributed by atoms with Gasteiger partial charge in [0.15, 0.2) is 0 Å². The summed E-state index contributed by atoms with van der Waals surface area (Å²) in [6, 6.07) is 7.68. The molecule has 1 heterocycles. The van der Waals surface area contributed by atoms with Crippen LogP contribution in [0.15, 0.2) is 24.3 Å². The Labute approximate surface area is 107 Å². The number of hydrogen-bond acceptors (Lipinski definition) is 3. The van der Waals surface area contributed by atoms with Crippen LogP contribution in [-0.2, 0) is 4.79 Å². The van der Waals surface area contributed by atoms with Crippen molar-refractivity contribution in [2.75, 3.05) is 18.5 Å². The number of benzene rings is 1. The number of fused-ring (bicyclic) bond motifs is 1. The van der Waals surface area contributed by atoms with Crippen LogP contribution >= 0.6 is 0 Å². The Balaban J connectivity index is 2.07. The Morgan fingerprint density at radius 3 is 2.89 bits per heavy atom. The summed E-state index contributed by atoms with van der Waals surface area (Å²) in [6.45, 7) is 4.58. The van der Waals surface area contributed by atoms with Crippen LogP contribution in [0.5, 0.6) is 0 Å². The van der Waals surface area contributed by atoms with Crippen molar-refractivity contribution in [1.82, 2.24) is 5.32 Å². The first kappa shape index (κ1) is 12.9. The van der Waals surface area contributed by atoms with Gasteiger partial charge in [-0.2, -0.15) is 0 Å². The number of para-hydroxylation sites is 1. The minimum Gasteiger partial charge on any atom is -0.394 e. The third kappa shape index (κ3) is 2.48. The average Bonchev–Trinajstić information content (AvgIpc) is 2.79. The van der Waals surface area contributed by atoms with Crippen LogP contribution in [-0.4, -0.2) is 30.2 Å². The summed E-state index contributed by atoms with van der Waals surface area (Å²) < 4.78 is 0. The van der Waals surface area contributed by atoms with Gasteiger partial charge >= 0.3 is 0 Å². The van der Waals surface area contributed by atoms with Crippen LogP contribution in [0.25, 0.3) is 0 Å². The Kier molecular flexibility index (Phi) is 3.87. The van der Waals surface area contributed by atoms with E-state index in [1.807, 2.05) is 38.1 Å². The van der Waals surface area contributed by atoms with Gasteiger partial charge in [-0.15, -0.1) is 0 Å². The fraction of sp³-hybridized carbons (Fsp3) is 0.500. The maximum Gasteiger partial charge on any atom is 0.229 e. The Morgan fingerprint density at radius 1 is 1.50 bits per heavy atom. The van der Waals surface area contributed by atoms with Crippen molar-refractivity contribution in [2.24, 2.45) is 5.92 Å². The molecule has 0 fully saturated rings. The summed E-state index contributed by atoms with van der Waals surface area (Å²) in [5.41, 5.74) is 2.07. The molecule has 0 radical (unpaired) electrons. The number of rotatable bonds is 4. The number of aliphatic hydroxyl groups excluding tert-OH is 1. The predicted octanol–water partition coefficient (Wildman–Crippen LogP) is 1.33. The second-order valence-corrected chi connectivity index (χ2v) is 5.06. The summed E-state index contributed by atoms with van der Waals surface area (Å²) in [7, 11) is 0. The van der Waals surface area contributed by atoms with E-state index >= 15 is 0 Å². The van der Waals surface area contributed by atoms with E-state index in [4.69, 9.17) is 0 Å². The Bertz CT molecular complexity index is 432. The van der Waals surface area contributed by atoms with Gasteiger partial charge in [-0.3, -0.25) is 4.79 Å². The van der Waals surface area contributed by atoms with Crippen LogP contribution in [0.1, 0.15) is 25.3 Å². The quantitative estimate of drug-likeness (QED) is 0.753. The molecule has 1 amide bonds. The molecular weight excluding hydrogens is 228 g/mol. The number of carbonyl (C=O) groups is 1. The van der Waals surface area contributed by atoms with Crippen molar-refractivity contribution in [2.45, 2.75) is 25.8 Å². The fourth-order valence-electron chi connectivity index (χ4n) is 2.22. The van der Waals surface area contributed by atoms with Crippen molar-refractivity contribution < 1.29 is 9.90 Å². The first-order valence-corrected chi connectivity index (χ1v) is 6.37. The summed E-state index contributed by atoms with van der Waals surface area (Å²) in [4.78, 5) is 12.2. The molecule has 0 saturated carbocycles. The van der Waals surface area contributed by atoms with Crippen LogP contribution in [0.4, 0.5) is 5.69 Å². The predicted molar refractivity (Wildman–Crippen MR) is 71.5 cm³/mol. The highest BCUT2D eigenvalue weighted by Gasteiger charge is 2.29. The lowest BCUT2D eigenvalue weighted by atomic mass is 9.98. The van der Waals surface area contributed by atoms with E-state index < -0.39 is 0 Å². The van der Waals surface area contributed by atoms with Gasteiger partial charge in [0.2, 0.25) is 5.91 Å². The zero-order valence-electron chi connectivity index (χ0n) is 10.8. The van der Waals surface area contributed by atoms with Crippen molar-refractivity contribution in [3.8, 4) is 0 Å². The highest BCUT2D eigenvalue weighted by Crippen LogP contribution is 2.31. The zero-order chi connectivity index (χ0) is 13.1. The molecule has 3 N–H and O–H groups in total. The molecular formula is C14H20N2O2.